The van der Waals surface area contributed by atoms with Crippen molar-refractivity contribution >= 4 is 28.6 Å². The molecule has 0 amide bonds. The molecule has 0 aliphatic rings. The van der Waals surface area contributed by atoms with Crippen molar-refractivity contribution in [3.63, 3.8) is 0 Å². The zero-order chi connectivity index (χ0) is 21.3. The van der Waals surface area contributed by atoms with E-state index in [4.69, 9.17) is 0 Å². The maximum Gasteiger partial charge on any atom is 0.337 e. The molecule has 7 heteroatoms. The second-order valence-electron chi connectivity index (χ2n) is 6.71. The lowest BCUT2D eigenvalue weighted by Crippen LogP contribution is -2.04. The van der Waals surface area contributed by atoms with E-state index in [1.807, 2.05) is 6.07 Å². The van der Waals surface area contributed by atoms with Crippen molar-refractivity contribution in [3.05, 3.63) is 94.8 Å². The van der Waals surface area contributed by atoms with Gasteiger partial charge in [-0.15, -0.1) is 0 Å². The summed E-state index contributed by atoms with van der Waals surface area (Å²) in [6.45, 7) is 1.67. The number of nitrogens with zero attached hydrogens (tertiary/aromatic N) is 3. The number of anilines is 2. The average molecular weight is 396 g/mol. The molecule has 4 aromatic rings. The second-order valence-corrected chi connectivity index (χ2v) is 6.71. The Bertz CT molecular complexity index is 1330. The first-order chi connectivity index (χ1) is 14.5. The topological polar surface area (TPSA) is 107 Å². The van der Waals surface area contributed by atoms with Crippen LogP contribution in [-0.4, -0.2) is 26.5 Å². The predicted octanol–water partition coefficient (Wildman–Crippen LogP) is 4.19. The fourth-order valence-electron chi connectivity index (χ4n) is 3.35. The van der Waals surface area contributed by atoms with E-state index in [9.17, 15) is 20.0 Å². The fraction of sp³-hybridized carbons (Fsp3) is 0.0435. The van der Waals surface area contributed by atoms with Crippen molar-refractivity contribution in [1.82, 2.24) is 9.61 Å². The number of fused-ring (bicyclic) bond motifs is 1. The van der Waals surface area contributed by atoms with Gasteiger partial charge in [0.2, 0.25) is 0 Å². The van der Waals surface area contributed by atoms with Gasteiger partial charge in [0.15, 0.2) is 5.78 Å². The standard InChI is InChI=1S/C23H16N4O3/c1-14-19(23(29)30)13-27-21(14)20(17(11-24)12-25-27)26-18-9-5-8-16(10-18)22(28)15-6-3-2-4-7-15/h2-10,12-13,26H,1H3,(H,29,30). The quantitative estimate of drug-likeness (QED) is 0.490. The van der Waals surface area contributed by atoms with Gasteiger partial charge in [-0.3, -0.25) is 4.79 Å². The van der Waals surface area contributed by atoms with Crippen molar-refractivity contribution in [3.8, 4) is 6.07 Å². The van der Waals surface area contributed by atoms with Crippen LogP contribution in [0.5, 0.6) is 0 Å². The minimum atomic E-state index is -1.07. The number of nitriles is 1. The maximum absolute atomic E-state index is 12.8. The van der Waals surface area contributed by atoms with Gasteiger partial charge < -0.3 is 10.4 Å². The molecule has 2 N–H and O–H groups in total. The molecule has 0 saturated heterocycles. The second kappa shape index (κ2) is 7.53. The Hall–Kier alpha value is -4.44. The molecule has 2 aromatic carbocycles. The number of ketones is 1. The first-order valence-electron chi connectivity index (χ1n) is 9.10. The number of carbonyl (C=O) groups excluding carboxylic acids is 1. The lowest BCUT2D eigenvalue weighted by Gasteiger charge is -2.12. The van der Waals surface area contributed by atoms with Crippen LogP contribution in [0.25, 0.3) is 5.52 Å². The smallest absolute Gasteiger partial charge is 0.337 e. The summed E-state index contributed by atoms with van der Waals surface area (Å²) in [6.07, 6.45) is 2.79. The number of carbonyl (C=O) groups is 2. The van der Waals surface area contributed by atoms with Crippen LogP contribution < -0.4 is 5.32 Å². The Morgan fingerprint density at radius 2 is 1.83 bits per heavy atom. The number of aryl methyl sites for hydroxylation is 1. The molecule has 30 heavy (non-hydrogen) atoms. The molecule has 146 valence electrons. The van der Waals surface area contributed by atoms with E-state index in [1.165, 1.54) is 16.9 Å². The zero-order valence-corrected chi connectivity index (χ0v) is 16.0. The molecule has 0 spiro atoms. The molecule has 0 radical (unpaired) electrons. The SMILES string of the molecule is Cc1c(C(=O)O)cn2ncc(C#N)c(Nc3cccc(C(=O)c4ccccc4)c3)c12. The van der Waals surface area contributed by atoms with Crippen molar-refractivity contribution in [1.29, 1.82) is 5.26 Å². The van der Waals surface area contributed by atoms with E-state index in [-0.39, 0.29) is 16.9 Å². The molecular formula is C23H16N4O3. The van der Waals surface area contributed by atoms with E-state index in [0.29, 0.717) is 33.6 Å². The third-order valence-corrected chi connectivity index (χ3v) is 4.84. The Morgan fingerprint density at radius 1 is 1.10 bits per heavy atom. The summed E-state index contributed by atoms with van der Waals surface area (Å²) >= 11 is 0. The van der Waals surface area contributed by atoms with Gasteiger partial charge in [-0.2, -0.15) is 10.4 Å². The largest absolute Gasteiger partial charge is 0.478 e. The van der Waals surface area contributed by atoms with E-state index >= 15 is 0 Å². The highest BCUT2D eigenvalue weighted by atomic mass is 16.4. The molecule has 0 aliphatic heterocycles. The third kappa shape index (κ3) is 3.27. The number of hydrogen-bond donors (Lipinski definition) is 2. The number of hydrogen-bond acceptors (Lipinski definition) is 5. The highest BCUT2D eigenvalue weighted by Crippen LogP contribution is 2.30. The van der Waals surface area contributed by atoms with Crippen molar-refractivity contribution in [2.24, 2.45) is 0 Å². The Morgan fingerprint density at radius 3 is 2.53 bits per heavy atom. The van der Waals surface area contributed by atoms with E-state index in [2.05, 4.69) is 16.5 Å². The van der Waals surface area contributed by atoms with Gasteiger partial charge in [0.25, 0.3) is 0 Å². The lowest BCUT2D eigenvalue weighted by atomic mass is 10.0. The lowest BCUT2D eigenvalue weighted by molar-refractivity contribution is 0.0696. The molecule has 0 atom stereocenters. The molecule has 4 rings (SSSR count). The van der Waals surface area contributed by atoms with Gasteiger partial charge in [0.05, 0.1) is 28.5 Å². The summed E-state index contributed by atoms with van der Waals surface area (Å²) in [5.74, 6) is -1.19. The normalized spacial score (nSPS) is 10.5. The number of carboxylic acids is 1. The molecule has 0 bridgehead atoms. The molecule has 2 aromatic heterocycles. The molecule has 7 nitrogen and oxygen atoms in total. The average Bonchev–Trinajstić information content (AvgIpc) is 3.11. The van der Waals surface area contributed by atoms with Crippen LogP contribution in [0.1, 0.15) is 37.4 Å². The maximum atomic E-state index is 12.8. The van der Waals surface area contributed by atoms with Crippen LogP contribution in [0.3, 0.4) is 0 Å². The summed E-state index contributed by atoms with van der Waals surface area (Å²) < 4.78 is 1.43. The number of aromatic nitrogens is 2. The Kier molecular flexibility index (Phi) is 4.74. The molecule has 0 aliphatic carbocycles. The van der Waals surface area contributed by atoms with Crippen LogP contribution in [0.2, 0.25) is 0 Å². The van der Waals surface area contributed by atoms with Crippen LogP contribution in [0.15, 0.2) is 67.0 Å². The molecule has 0 unspecified atom stereocenters. The molecule has 2 heterocycles. The highest BCUT2D eigenvalue weighted by molar-refractivity contribution is 6.09. The number of carboxylic acid groups (broad SMARTS) is 1. The number of rotatable bonds is 5. The number of aromatic carboxylic acids is 1. The van der Waals surface area contributed by atoms with Crippen LogP contribution in [0.4, 0.5) is 11.4 Å². The summed E-state index contributed by atoms with van der Waals surface area (Å²) in [6, 6.07) is 18.0. The van der Waals surface area contributed by atoms with Crippen molar-refractivity contribution < 1.29 is 14.7 Å². The molecule has 0 saturated carbocycles. The van der Waals surface area contributed by atoms with Gasteiger partial charge in [-0.25, -0.2) is 9.31 Å². The van der Waals surface area contributed by atoms with Crippen LogP contribution in [-0.2, 0) is 0 Å². The highest BCUT2D eigenvalue weighted by Gasteiger charge is 2.19. The van der Waals surface area contributed by atoms with Gasteiger partial charge in [0, 0.05) is 23.0 Å². The van der Waals surface area contributed by atoms with Crippen molar-refractivity contribution in [2.45, 2.75) is 6.92 Å². The summed E-state index contributed by atoms with van der Waals surface area (Å²) in [7, 11) is 0. The first-order valence-corrected chi connectivity index (χ1v) is 9.10. The van der Waals surface area contributed by atoms with E-state index < -0.39 is 5.97 Å². The predicted molar refractivity (Wildman–Crippen MR) is 111 cm³/mol. The van der Waals surface area contributed by atoms with Gasteiger partial charge in [0.1, 0.15) is 6.07 Å². The van der Waals surface area contributed by atoms with Crippen LogP contribution >= 0.6 is 0 Å². The van der Waals surface area contributed by atoms with Crippen molar-refractivity contribution in [2.75, 3.05) is 5.32 Å². The minimum Gasteiger partial charge on any atom is -0.478 e. The summed E-state index contributed by atoms with van der Waals surface area (Å²) in [4.78, 5) is 24.3. The first kappa shape index (κ1) is 18.9. The number of benzene rings is 2. The van der Waals surface area contributed by atoms with Gasteiger partial charge in [-0.1, -0.05) is 42.5 Å². The van der Waals surface area contributed by atoms with Gasteiger partial charge in [-0.05, 0) is 24.6 Å². The van der Waals surface area contributed by atoms with Crippen LogP contribution in [0, 0.1) is 18.3 Å². The Labute approximate surface area is 171 Å². The number of nitrogens with one attached hydrogen (secondary N) is 1. The van der Waals surface area contributed by atoms with E-state index in [0.717, 1.165) is 0 Å². The van der Waals surface area contributed by atoms with Gasteiger partial charge >= 0.3 is 5.97 Å². The molecule has 0 fully saturated rings. The Balaban J connectivity index is 1.79. The van der Waals surface area contributed by atoms with E-state index in [1.54, 1.807) is 55.5 Å². The minimum absolute atomic E-state index is 0.105. The summed E-state index contributed by atoms with van der Waals surface area (Å²) in [5, 5.41) is 26.3. The summed E-state index contributed by atoms with van der Waals surface area (Å²) in [5.41, 5.74) is 3.45. The molecular weight excluding hydrogens is 380 g/mol. The fourth-order valence-corrected chi connectivity index (χ4v) is 3.35. The zero-order valence-electron chi connectivity index (χ0n) is 16.0. The monoisotopic (exact) mass is 396 g/mol. The third-order valence-electron chi connectivity index (χ3n) is 4.84.